The number of anilines is 1. The first-order chi connectivity index (χ1) is 8.09. The van der Waals surface area contributed by atoms with Crippen LogP contribution in [-0.2, 0) is 4.74 Å². The second-order valence-electron chi connectivity index (χ2n) is 4.20. The van der Waals surface area contributed by atoms with E-state index in [0.29, 0.717) is 25.3 Å². The van der Waals surface area contributed by atoms with Crippen LogP contribution in [0.3, 0.4) is 0 Å². The molecule has 0 saturated carbocycles. The molecular weight excluding hydrogens is 220 g/mol. The minimum atomic E-state index is -0.101. The van der Waals surface area contributed by atoms with Gasteiger partial charge in [-0.2, -0.15) is 0 Å². The maximum atomic E-state index is 12.2. The van der Waals surface area contributed by atoms with E-state index in [1.165, 1.54) is 12.1 Å². The van der Waals surface area contributed by atoms with Crippen molar-refractivity contribution in [3.05, 3.63) is 23.8 Å². The first-order valence-corrected chi connectivity index (χ1v) is 5.57. The van der Waals surface area contributed by atoms with Crippen molar-refractivity contribution in [3.8, 4) is 5.75 Å². The van der Waals surface area contributed by atoms with Gasteiger partial charge >= 0.3 is 0 Å². The summed E-state index contributed by atoms with van der Waals surface area (Å²) in [5.41, 5.74) is 6.22. The van der Waals surface area contributed by atoms with Crippen LogP contribution in [0.4, 0.5) is 5.69 Å². The Bertz CT molecular complexity index is 434. The fraction of sp³-hybridized carbons (Fsp3) is 0.417. The molecule has 1 saturated heterocycles. The van der Waals surface area contributed by atoms with Crippen LogP contribution in [-0.4, -0.2) is 41.7 Å². The molecule has 1 aromatic carbocycles. The number of aromatic hydroxyl groups is 1. The average molecular weight is 236 g/mol. The van der Waals surface area contributed by atoms with E-state index in [4.69, 9.17) is 10.5 Å². The summed E-state index contributed by atoms with van der Waals surface area (Å²) in [4.78, 5) is 13.9. The zero-order chi connectivity index (χ0) is 12.4. The standard InChI is InChI=1S/C12H16N2O3/c1-8-7-17-5-4-14(8)12(16)9-2-3-10(13)11(15)6-9/h2-3,6,8,15H,4-5,7,13H2,1H3/t8-/m1/s1. The lowest BCUT2D eigenvalue weighted by molar-refractivity contribution is 0.00358. The molecule has 3 N–H and O–H groups in total. The molecule has 1 amide bonds. The summed E-state index contributed by atoms with van der Waals surface area (Å²) in [6.45, 7) is 3.61. The highest BCUT2D eigenvalue weighted by molar-refractivity contribution is 5.95. The Labute approximate surface area is 99.8 Å². The number of morpholine rings is 1. The van der Waals surface area contributed by atoms with Gasteiger partial charge in [-0.15, -0.1) is 0 Å². The molecule has 1 aliphatic rings. The number of carbonyl (C=O) groups is 1. The van der Waals surface area contributed by atoms with Crippen LogP contribution >= 0.6 is 0 Å². The molecule has 2 rings (SSSR count). The third-order valence-corrected chi connectivity index (χ3v) is 2.91. The van der Waals surface area contributed by atoms with E-state index in [1.807, 2.05) is 6.92 Å². The van der Waals surface area contributed by atoms with E-state index in [2.05, 4.69) is 0 Å². The monoisotopic (exact) mass is 236 g/mol. The van der Waals surface area contributed by atoms with Gasteiger partial charge in [0.05, 0.1) is 24.9 Å². The topological polar surface area (TPSA) is 75.8 Å². The number of nitrogen functional groups attached to an aromatic ring is 1. The molecule has 0 bridgehead atoms. The molecule has 17 heavy (non-hydrogen) atoms. The number of rotatable bonds is 1. The van der Waals surface area contributed by atoms with Gasteiger partial charge in [-0.05, 0) is 25.1 Å². The summed E-state index contributed by atoms with van der Waals surface area (Å²) >= 11 is 0. The molecule has 1 fully saturated rings. The van der Waals surface area contributed by atoms with Gasteiger partial charge in [-0.3, -0.25) is 4.79 Å². The third kappa shape index (κ3) is 2.34. The second kappa shape index (κ2) is 4.63. The van der Waals surface area contributed by atoms with E-state index >= 15 is 0 Å². The zero-order valence-corrected chi connectivity index (χ0v) is 9.72. The minimum Gasteiger partial charge on any atom is -0.506 e. The number of nitrogens with two attached hydrogens (primary N) is 1. The molecule has 0 spiro atoms. The van der Waals surface area contributed by atoms with Gasteiger partial charge in [0.15, 0.2) is 0 Å². The van der Waals surface area contributed by atoms with E-state index in [9.17, 15) is 9.90 Å². The summed E-state index contributed by atoms with van der Waals surface area (Å²) in [6.07, 6.45) is 0. The van der Waals surface area contributed by atoms with Crippen molar-refractivity contribution in [2.45, 2.75) is 13.0 Å². The number of phenolic OH excluding ortho intramolecular Hbond substituents is 1. The fourth-order valence-corrected chi connectivity index (χ4v) is 1.87. The minimum absolute atomic E-state index is 0.0518. The molecule has 0 unspecified atom stereocenters. The number of hydrogen-bond acceptors (Lipinski definition) is 4. The largest absolute Gasteiger partial charge is 0.506 e. The number of nitrogens with zero attached hydrogens (tertiary/aromatic N) is 1. The van der Waals surface area contributed by atoms with Gasteiger partial charge in [-0.1, -0.05) is 0 Å². The van der Waals surface area contributed by atoms with Crippen molar-refractivity contribution in [1.82, 2.24) is 4.90 Å². The lowest BCUT2D eigenvalue weighted by Gasteiger charge is -2.33. The number of ether oxygens (including phenoxy) is 1. The van der Waals surface area contributed by atoms with E-state index in [-0.39, 0.29) is 23.4 Å². The van der Waals surface area contributed by atoms with Crippen molar-refractivity contribution < 1.29 is 14.6 Å². The lowest BCUT2D eigenvalue weighted by Crippen LogP contribution is -2.47. The molecule has 92 valence electrons. The SMILES string of the molecule is C[C@@H]1COCCN1C(=O)c1ccc(N)c(O)c1. The van der Waals surface area contributed by atoms with Crippen molar-refractivity contribution >= 4 is 11.6 Å². The van der Waals surface area contributed by atoms with E-state index < -0.39 is 0 Å². The lowest BCUT2D eigenvalue weighted by atomic mass is 10.1. The Kier molecular flexibility index (Phi) is 3.19. The summed E-state index contributed by atoms with van der Waals surface area (Å²) < 4.78 is 5.28. The molecule has 5 heteroatoms. The summed E-state index contributed by atoms with van der Waals surface area (Å²) in [7, 11) is 0. The van der Waals surface area contributed by atoms with Crippen molar-refractivity contribution in [3.63, 3.8) is 0 Å². The first-order valence-electron chi connectivity index (χ1n) is 5.57. The Hall–Kier alpha value is -1.75. The smallest absolute Gasteiger partial charge is 0.254 e. The third-order valence-electron chi connectivity index (χ3n) is 2.91. The molecule has 5 nitrogen and oxygen atoms in total. The van der Waals surface area contributed by atoms with Crippen molar-refractivity contribution in [2.24, 2.45) is 0 Å². The van der Waals surface area contributed by atoms with Gasteiger partial charge in [0.1, 0.15) is 5.75 Å². The quantitative estimate of drug-likeness (QED) is 0.559. The Balaban J connectivity index is 2.21. The van der Waals surface area contributed by atoms with Crippen LogP contribution < -0.4 is 5.73 Å². The van der Waals surface area contributed by atoms with E-state index in [1.54, 1.807) is 11.0 Å². The normalized spacial score (nSPS) is 20.3. The van der Waals surface area contributed by atoms with Crippen LogP contribution in [0.1, 0.15) is 17.3 Å². The number of benzene rings is 1. The molecule has 0 aliphatic carbocycles. The number of carbonyl (C=O) groups excluding carboxylic acids is 1. The molecular formula is C12H16N2O3. The zero-order valence-electron chi connectivity index (χ0n) is 9.72. The Morgan fingerprint density at radius 1 is 1.59 bits per heavy atom. The Morgan fingerprint density at radius 3 is 3.00 bits per heavy atom. The van der Waals surface area contributed by atoms with Gasteiger partial charge < -0.3 is 20.5 Å². The van der Waals surface area contributed by atoms with Crippen molar-refractivity contribution in [2.75, 3.05) is 25.5 Å². The van der Waals surface area contributed by atoms with E-state index in [0.717, 1.165) is 0 Å². The molecule has 1 heterocycles. The van der Waals surface area contributed by atoms with Crippen LogP contribution in [0.15, 0.2) is 18.2 Å². The molecule has 0 radical (unpaired) electrons. The number of amides is 1. The number of phenols is 1. The molecule has 1 aromatic rings. The molecule has 1 atom stereocenters. The highest BCUT2D eigenvalue weighted by atomic mass is 16.5. The Morgan fingerprint density at radius 2 is 2.35 bits per heavy atom. The van der Waals surface area contributed by atoms with Crippen LogP contribution in [0, 0.1) is 0 Å². The number of hydrogen-bond donors (Lipinski definition) is 2. The predicted octanol–water partition coefficient (Wildman–Crippen LogP) is 0.835. The predicted molar refractivity (Wildman–Crippen MR) is 63.8 cm³/mol. The summed E-state index contributed by atoms with van der Waals surface area (Å²) in [6, 6.07) is 4.61. The maximum absolute atomic E-state index is 12.2. The van der Waals surface area contributed by atoms with Gasteiger partial charge in [-0.25, -0.2) is 0 Å². The second-order valence-corrected chi connectivity index (χ2v) is 4.20. The highest BCUT2D eigenvalue weighted by Gasteiger charge is 2.24. The van der Waals surface area contributed by atoms with Crippen LogP contribution in [0.2, 0.25) is 0 Å². The highest BCUT2D eigenvalue weighted by Crippen LogP contribution is 2.22. The molecule has 1 aliphatic heterocycles. The van der Waals surface area contributed by atoms with Gasteiger partial charge in [0.2, 0.25) is 0 Å². The van der Waals surface area contributed by atoms with Gasteiger partial charge in [0, 0.05) is 12.1 Å². The van der Waals surface area contributed by atoms with Gasteiger partial charge in [0.25, 0.3) is 5.91 Å². The average Bonchev–Trinajstić information content (AvgIpc) is 2.32. The molecule has 0 aromatic heterocycles. The van der Waals surface area contributed by atoms with Crippen LogP contribution in [0.25, 0.3) is 0 Å². The van der Waals surface area contributed by atoms with Crippen molar-refractivity contribution in [1.29, 1.82) is 0 Å². The first kappa shape index (κ1) is 11.7. The maximum Gasteiger partial charge on any atom is 0.254 e. The summed E-state index contributed by atoms with van der Waals surface area (Å²) in [5.74, 6) is -0.159. The van der Waals surface area contributed by atoms with Crippen LogP contribution in [0.5, 0.6) is 5.75 Å². The fourth-order valence-electron chi connectivity index (χ4n) is 1.87. The summed E-state index contributed by atoms with van der Waals surface area (Å²) in [5, 5.41) is 9.49.